The number of hydrogen-bond acceptors (Lipinski definition) is 2. The summed E-state index contributed by atoms with van der Waals surface area (Å²) in [6.07, 6.45) is 0. The minimum atomic E-state index is -1.25. The molecule has 2 aromatic carbocycles. The first kappa shape index (κ1) is 13.9. The van der Waals surface area contributed by atoms with Crippen molar-refractivity contribution in [2.45, 2.75) is 6.54 Å². The van der Waals surface area contributed by atoms with Crippen molar-refractivity contribution in [1.82, 2.24) is 5.32 Å². The first-order chi connectivity index (χ1) is 9.49. The van der Waals surface area contributed by atoms with Crippen molar-refractivity contribution in [2.75, 3.05) is 5.73 Å². The Hall–Kier alpha value is -2.50. The normalized spacial score (nSPS) is 10.3. The number of nitrogens with two attached hydrogens (primary N) is 1. The SMILES string of the molecule is Nc1ccccc1CNC(=O)c1c(F)cc(F)cc1F. The molecule has 0 atom stereocenters. The van der Waals surface area contributed by atoms with Crippen LogP contribution in [-0.2, 0) is 6.54 Å². The number of amides is 1. The summed E-state index contributed by atoms with van der Waals surface area (Å²) in [5.74, 6) is -4.55. The van der Waals surface area contributed by atoms with Gasteiger partial charge in [-0.05, 0) is 11.6 Å². The summed E-state index contributed by atoms with van der Waals surface area (Å²) >= 11 is 0. The van der Waals surface area contributed by atoms with Gasteiger partial charge in [-0.3, -0.25) is 4.79 Å². The first-order valence-electron chi connectivity index (χ1n) is 5.75. The molecule has 20 heavy (non-hydrogen) atoms. The zero-order valence-electron chi connectivity index (χ0n) is 10.3. The molecule has 0 saturated heterocycles. The van der Waals surface area contributed by atoms with Crippen molar-refractivity contribution in [2.24, 2.45) is 0 Å². The van der Waals surface area contributed by atoms with E-state index in [4.69, 9.17) is 5.73 Å². The molecule has 0 radical (unpaired) electrons. The average molecular weight is 280 g/mol. The fourth-order valence-electron chi connectivity index (χ4n) is 1.72. The number of carbonyl (C=O) groups is 1. The van der Waals surface area contributed by atoms with Gasteiger partial charge < -0.3 is 11.1 Å². The van der Waals surface area contributed by atoms with Crippen LogP contribution in [0.3, 0.4) is 0 Å². The Morgan fingerprint density at radius 3 is 2.30 bits per heavy atom. The maximum atomic E-state index is 13.4. The van der Waals surface area contributed by atoms with Crippen molar-refractivity contribution >= 4 is 11.6 Å². The highest BCUT2D eigenvalue weighted by Gasteiger charge is 2.18. The van der Waals surface area contributed by atoms with Gasteiger partial charge in [0.2, 0.25) is 0 Å². The van der Waals surface area contributed by atoms with Crippen LogP contribution in [-0.4, -0.2) is 5.91 Å². The lowest BCUT2D eigenvalue weighted by Gasteiger charge is -2.09. The molecule has 3 nitrogen and oxygen atoms in total. The van der Waals surface area contributed by atoms with Crippen LogP contribution in [0.1, 0.15) is 15.9 Å². The molecule has 0 saturated carbocycles. The van der Waals surface area contributed by atoms with Gasteiger partial charge in [-0.1, -0.05) is 18.2 Å². The molecule has 0 heterocycles. The van der Waals surface area contributed by atoms with Crippen LogP contribution in [0.2, 0.25) is 0 Å². The molecule has 0 aliphatic rings. The van der Waals surface area contributed by atoms with Gasteiger partial charge in [0.25, 0.3) is 5.91 Å². The Kier molecular flexibility index (Phi) is 3.93. The lowest BCUT2D eigenvalue weighted by Crippen LogP contribution is -2.25. The van der Waals surface area contributed by atoms with E-state index in [2.05, 4.69) is 5.32 Å². The molecule has 2 aromatic rings. The Morgan fingerprint density at radius 1 is 1.10 bits per heavy atom. The number of anilines is 1. The van der Waals surface area contributed by atoms with Gasteiger partial charge in [-0.2, -0.15) is 0 Å². The predicted octanol–water partition coefficient (Wildman–Crippen LogP) is 2.62. The van der Waals surface area contributed by atoms with Gasteiger partial charge in [0.1, 0.15) is 23.0 Å². The molecule has 104 valence electrons. The summed E-state index contributed by atoms with van der Waals surface area (Å²) in [7, 11) is 0. The number of nitrogens with one attached hydrogen (secondary N) is 1. The third-order valence-electron chi connectivity index (χ3n) is 2.73. The number of benzene rings is 2. The summed E-state index contributed by atoms with van der Waals surface area (Å²) < 4.78 is 39.5. The highest BCUT2D eigenvalue weighted by atomic mass is 19.1. The molecule has 0 aromatic heterocycles. The van der Waals surface area contributed by atoms with E-state index < -0.39 is 28.9 Å². The quantitative estimate of drug-likeness (QED) is 0.849. The second-order valence-corrected chi connectivity index (χ2v) is 4.13. The topological polar surface area (TPSA) is 55.1 Å². The highest BCUT2D eigenvalue weighted by Crippen LogP contribution is 2.15. The van der Waals surface area contributed by atoms with Crippen LogP contribution in [0.25, 0.3) is 0 Å². The number of hydrogen-bond donors (Lipinski definition) is 2. The zero-order valence-corrected chi connectivity index (χ0v) is 10.3. The van der Waals surface area contributed by atoms with Gasteiger partial charge in [-0.25, -0.2) is 13.2 Å². The predicted molar refractivity (Wildman–Crippen MR) is 68.3 cm³/mol. The zero-order chi connectivity index (χ0) is 14.7. The number of nitrogen functional groups attached to an aromatic ring is 1. The fraction of sp³-hybridized carbons (Fsp3) is 0.0714. The Balaban J connectivity index is 2.16. The highest BCUT2D eigenvalue weighted by molar-refractivity contribution is 5.94. The number of rotatable bonds is 3. The molecule has 0 unspecified atom stereocenters. The van der Waals surface area contributed by atoms with Crippen LogP contribution in [0.4, 0.5) is 18.9 Å². The number of halogens is 3. The summed E-state index contributed by atoms with van der Waals surface area (Å²) in [5.41, 5.74) is 5.92. The Labute approximate surface area is 113 Å². The van der Waals surface area contributed by atoms with Gasteiger partial charge >= 0.3 is 0 Å². The van der Waals surface area contributed by atoms with E-state index in [1.807, 2.05) is 0 Å². The van der Waals surface area contributed by atoms with Gasteiger partial charge in [0.05, 0.1) is 0 Å². The van der Waals surface area contributed by atoms with E-state index in [1.54, 1.807) is 24.3 Å². The van der Waals surface area contributed by atoms with Crippen LogP contribution in [0.15, 0.2) is 36.4 Å². The Bertz CT molecular complexity index is 636. The van der Waals surface area contributed by atoms with Gasteiger partial charge in [0.15, 0.2) is 0 Å². The van der Waals surface area contributed by atoms with Gasteiger partial charge in [0, 0.05) is 24.4 Å². The maximum absolute atomic E-state index is 13.4. The summed E-state index contributed by atoms with van der Waals surface area (Å²) in [5, 5.41) is 2.34. The van der Waals surface area contributed by atoms with E-state index in [0.29, 0.717) is 23.4 Å². The second-order valence-electron chi connectivity index (χ2n) is 4.13. The van der Waals surface area contributed by atoms with E-state index in [0.717, 1.165) is 0 Å². The van der Waals surface area contributed by atoms with Crippen LogP contribution in [0.5, 0.6) is 0 Å². The van der Waals surface area contributed by atoms with Crippen molar-refractivity contribution in [1.29, 1.82) is 0 Å². The molecule has 0 bridgehead atoms. The number of carbonyl (C=O) groups excluding carboxylic acids is 1. The van der Waals surface area contributed by atoms with Crippen molar-refractivity contribution in [3.8, 4) is 0 Å². The van der Waals surface area contributed by atoms with Gasteiger partial charge in [-0.15, -0.1) is 0 Å². The molecule has 0 aliphatic heterocycles. The van der Waals surface area contributed by atoms with Crippen molar-refractivity contribution in [3.63, 3.8) is 0 Å². The molecule has 3 N–H and O–H groups in total. The molecule has 6 heteroatoms. The van der Waals surface area contributed by atoms with Crippen molar-refractivity contribution in [3.05, 3.63) is 65.0 Å². The van der Waals surface area contributed by atoms with Crippen molar-refractivity contribution < 1.29 is 18.0 Å². The van der Waals surface area contributed by atoms with Crippen LogP contribution < -0.4 is 11.1 Å². The lowest BCUT2D eigenvalue weighted by molar-refractivity contribution is 0.0942. The van der Waals surface area contributed by atoms with E-state index in [9.17, 15) is 18.0 Å². The maximum Gasteiger partial charge on any atom is 0.257 e. The summed E-state index contributed by atoms with van der Waals surface area (Å²) in [6, 6.07) is 7.66. The van der Waals surface area contributed by atoms with Crippen LogP contribution in [0, 0.1) is 17.5 Å². The summed E-state index contributed by atoms with van der Waals surface area (Å²) in [4.78, 5) is 11.7. The molecule has 0 aliphatic carbocycles. The average Bonchev–Trinajstić information content (AvgIpc) is 2.36. The van der Waals surface area contributed by atoms with E-state index in [-0.39, 0.29) is 6.54 Å². The second kappa shape index (κ2) is 5.64. The van der Waals surface area contributed by atoms with E-state index in [1.165, 1.54) is 0 Å². The van der Waals surface area contributed by atoms with E-state index >= 15 is 0 Å². The fourth-order valence-corrected chi connectivity index (χ4v) is 1.72. The third kappa shape index (κ3) is 2.90. The third-order valence-corrected chi connectivity index (χ3v) is 2.73. The molecule has 2 rings (SSSR count). The minimum Gasteiger partial charge on any atom is -0.398 e. The molecular weight excluding hydrogens is 269 g/mol. The summed E-state index contributed by atoms with van der Waals surface area (Å²) in [6.45, 7) is 0.0156. The molecule has 0 fully saturated rings. The lowest BCUT2D eigenvalue weighted by atomic mass is 10.1. The molecule has 0 spiro atoms. The number of para-hydroxylation sites is 1. The Morgan fingerprint density at radius 2 is 1.70 bits per heavy atom. The molecular formula is C14H11F3N2O. The minimum absolute atomic E-state index is 0.0156. The monoisotopic (exact) mass is 280 g/mol. The standard InChI is InChI=1S/C14H11F3N2O/c15-9-5-10(16)13(11(17)6-9)14(20)19-7-8-3-1-2-4-12(8)18/h1-6H,7,18H2,(H,19,20). The van der Waals surface area contributed by atoms with Crippen LogP contribution >= 0.6 is 0 Å². The first-order valence-corrected chi connectivity index (χ1v) is 5.75. The molecule has 1 amide bonds. The largest absolute Gasteiger partial charge is 0.398 e. The smallest absolute Gasteiger partial charge is 0.257 e.